The Morgan fingerprint density at radius 2 is 2.05 bits per heavy atom. The van der Waals surface area contributed by atoms with Gasteiger partial charge in [0.2, 0.25) is 5.91 Å². The third kappa shape index (κ3) is 3.01. The lowest BCUT2D eigenvalue weighted by Gasteiger charge is -2.07. The Balaban J connectivity index is 1.76. The van der Waals surface area contributed by atoms with E-state index >= 15 is 0 Å². The van der Waals surface area contributed by atoms with Crippen molar-refractivity contribution in [2.45, 2.75) is 19.9 Å². The lowest BCUT2D eigenvalue weighted by atomic mass is 10.1. The first-order valence-corrected chi connectivity index (χ1v) is 7.29. The van der Waals surface area contributed by atoms with Crippen LogP contribution in [0.2, 0.25) is 0 Å². The number of carbonyl (C=O) groups excluding carboxylic acids is 1. The molecule has 4 heteroatoms. The van der Waals surface area contributed by atoms with Crippen molar-refractivity contribution < 1.29 is 9.18 Å². The Morgan fingerprint density at radius 3 is 2.82 bits per heavy atom. The number of benzene rings is 2. The minimum absolute atomic E-state index is 0.153. The normalized spacial score (nSPS) is 10.8. The number of hydrogen-bond donors (Lipinski definition) is 1. The van der Waals surface area contributed by atoms with E-state index in [0.29, 0.717) is 5.56 Å². The number of nitrogens with one attached hydrogen (secondary N) is 1. The summed E-state index contributed by atoms with van der Waals surface area (Å²) in [5, 5.41) is 4.01. The monoisotopic (exact) mass is 296 g/mol. The first-order valence-electron chi connectivity index (χ1n) is 7.29. The first kappa shape index (κ1) is 14.3. The van der Waals surface area contributed by atoms with E-state index in [0.717, 1.165) is 23.1 Å². The average molecular weight is 296 g/mol. The Hall–Kier alpha value is -2.62. The molecule has 1 N–H and O–H groups in total. The third-order valence-electron chi connectivity index (χ3n) is 3.65. The first-order chi connectivity index (χ1) is 10.7. The Labute approximate surface area is 128 Å². The van der Waals surface area contributed by atoms with Gasteiger partial charge in [0.05, 0.1) is 11.9 Å². The van der Waals surface area contributed by atoms with Gasteiger partial charge in [0.1, 0.15) is 5.82 Å². The largest absolute Gasteiger partial charge is 0.348 e. The van der Waals surface area contributed by atoms with Crippen molar-refractivity contribution in [3.8, 4) is 0 Å². The lowest BCUT2D eigenvalue weighted by Crippen LogP contribution is -2.14. The minimum atomic E-state index is -0.326. The number of fused-ring (bicyclic) bond motifs is 1. The number of aryl methyl sites for hydroxylation is 1. The highest BCUT2D eigenvalue weighted by Crippen LogP contribution is 2.20. The Morgan fingerprint density at radius 1 is 1.18 bits per heavy atom. The smallest absolute Gasteiger partial charge is 0.228 e. The molecule has 0 aliphatic carbocycles. The van der Waals surface area contributed by atoms with Gasteiger partial charge < -0.3 is 9.88 Å². The minimum Gasteiger partial charge on any atom is -0.348 e. The molecule has 2 aromatic carbocycles. The van der Waals surface area contributed by atoms with Crippen LogP contribution in [-0.2, 0) is 17.8 Å². The fourth-order valence-corrected chi connectivity index (χ4v) is 2.57. The molecule has 1 heterocycles. The van der Waals surface area contributed by atoms with Crippen molar-refractivity contribution in [1.82, 2.24) is 4.57 Å². The van der Waals surface area contributed by atoms with Gasteiger partial charge in [0.15, 0.2) is 0 Å². The van der Waals surface area contributed by atoms with E-state index < -0.39 is 0 Å². The summed E-state index contributed by atoms with van der Waals surface area (Å²) in [6.07, 6.45) is 2.19. The van der Waals surface area contributed by atoms with E-state index in [9.17, 15) is 9.18 Å². The number of anilines is 1. The highest BCUT2D eigenvalue weighted by Gasteiger charge is 2.07. The van der Waals surface area contributed by atoms with Crippen molar-refractivity contribution >= 4 is 22.5 Å². The van der Waals surface area contributed by atoms with Gasteiger partial charge in [-0.25, -0.2) is 4.39 Å². The molecule has 0 aliphatic rings. The fourth-order valence-electron chi connectivity index (χ4n) is 2.57. The fraction of sp³-hybridized carbons (Fsp3) is 0.167. The summed E-state index contributed by atoms with van der Waals surface area (Å²) < 4.78 is 15.3. The molecule has 1 aromatic heterocycles. The van der Waals surface area contributed by atoms with Crippen LogP contribution < -0.4 is 5.32 Å². The molecule has 0 radical (unpaired) electrons. The highest BCUT2D eigenvalue weighted by atomic mass is 19.1. The predicted octanol–water partition coefficient (Wildman–Crippen LogP) is 3.98. The summed E-state index contributed by atoms with van der Waals surface area (Å²) >= 11 is 0. The Bertz CT molecular complexity index is 823. The standard InChI is InChI=1S/C18H17FN2O/c1-2-21-9-8-14-6-7-16(12-17(14)21)20-18(22)11-13-4-3-5-15(19)10-13/h3-10,12H,2,11H2,1H3,(H,20,22). The average Bonchev–Trinajstić information content (AvgIpc) is 2.89. The number of aromatic nitrogens is 1. The Kier molecular flexibility index (Phi) is 3.92. The second-order valence-corrected chi connectivity index (χ2v) is 5.23. The summed E-state index contributed by atoms with van der Waals surface area (Å²) in [5.41, 5.74) is 2.50. The van der Waals surface area contributed by atoms with Gasteiger partial charge in [0, 0.05) is 18.4 Å². The van der Waals surface area contributed by atoms with Crippen LogP contribution in [0.3, 0.4) is 0 Å². The maximum absolute atomic E-state index is 13.1. The number of amides is 1. The molecule has 0 spiro atoms. The number of carbonyl (C=O) groups is 1. The van der Waals surface area contributed by atoms with Crippen LogP contribution in [0.5, 0.6) is 0 Å². The zero-order valence-electron chi connectivity index (χ0n) is 12.3. The second kappa shape index (κ2) is 6.02. The van der Waals surface area contributed by atoms with Crippen LogP contribution >= 0.6 is 0 Å². The molecule has 3 nitrogen and oxygen atoms in total. The van der Waals surface area contributed by atoms with Crippen LogP contribution in [0, 0.1) is 5.82 Å². The summed E-state index contributed by atoms with van der Waals surface area (Å²) in [4.78, 5) is 12.1. The highest BCUT2D eigenvalue weighted by molar-refractivity contribution is 5.94. The van der Waals surface area contributed by atoms with Crippen molar-refractivity contribution in [1.29, 1.82) is 0 Å². The molecular formula is C18H17FN2O. The molecule has 0 saturated carbocycles. The molecule has 0 atom stereocenters. The van der Waals surface area contributed by atoms with E-state index in [2.05, 4.69) is 22.9 Å². The maximum atomic E-state index is 13.1. The van der Waals surface area contributed by atoms with E-state index in [1.54, 1.807) is 12.1 Å². The van der Waals surface area contributed by atoms with Crippen LogP contribution in [0.4, 0.5) is 10.1 Å². The molecule has 0 fully saturated rings. The molecule has 22 heavy (non-hydrogen) atoms. The molecule has 3 rings (SSSR count). The van der Waals surface area contributed by atoms with Gasteiger partial charge in [-0.15, -0.1) is 0 Å². The molecule has 0 saturated heterocycles. The van der Waals surface area contributed by atoms with Crippen molar-refractivity contribution in [2.75, 3.05) is 5.32 Å². The summed E-state index contributed by atoms with van der Waals surface area (Å²) in [6.45, 7) is 2.96. The van der Waals surface area contributed by atoms with Gasteiger partial charge in [-0.2, -0.15) is 0 Å². The van der Waals surface area contributed by atoms with E-state index in [1.165, 1.54) is 12.1 Å². The van der Waals surface area contributed by atoms with E-state index in [4.69, 9.17) is 0 Å². The van der Waals surface area contributed by atoms with Gasteiger partial charge >= 0.3 is 0 Å². The SMILES string of the molecule is CCn1ccc2ccc(NC(=O)Cc3cccc(F)c3)cc21. The van der Waals surface area contributed by atoms with Gasteiger partial charge in [-0.3, -0.25) is 4.79 Å². The van der Waals surface area contributed by atoms with Crippen molar-refractivity contribution in [2.24, 2.45) is 0 Å². The maximum Gasteiger partial charge on any atom is 0.228 e. The molecule has 0 bridgehead atoms. The van der Waals surface area contributed by atoms with Crippen LogP contribution in [0.25, 0.3) is 10.9 Å². The lowest BCUT2D eigenvalue weighted by molar-refractivity contribution is -0.115. The third-order valence-corrected chi connectivity index (χ3v) is 3.65. The van der Waals surface area contributed by atoms with E-state index in [-0.39, 0.29) is 18.1 Å². The van der Waals surface area contributed by atoms with Crippen LogP contribution in [-0.4, -0.2) is 10.5 Å². The van der Waals surface area contributed by atoms with Gasteiger partial charge in [-0.1, -0.05) is 18.2 Å². The van der Waals surface area contributed by atoms with Crippen molar-refractivity contribution in [3.63, 3.8) is 0 Å². The number of rotatable bonds is 4. The number of halogens is 1. The molecule has 3 aromatic rings. The van der Waals surface area contributed by atoms with Crippen LogP contribution in [0.1, 0.15) is 12.5 Å². The molecule has 112 valence electrons. The topological polar surface area (TPSA) is 34.0 Å². The van der Waals surface area contributed by atoms with Gasteiger partial charge in [0.25, 0.3) is 0 Å². The molecule has 0 unspecified atom stereocenters. The summed E-state index contributed by atoms with van der Waals surface area (Å²) in [6, 6.07) is 14.0. The zero-order valence-corrected chi connectivity index (χ0v) is 12.3. The summed E-state index contributed by atoms with van der Waals surface area (Å²) in [7, 11) is 0. The number of hydrogen-bond acceptors (Lipinski definition) is 1. The molecule has 1 amide bonds. The molecule has 0 aliphatic heterocycles. The molecular weight excluding hydrogens is 279 g/mol. The van der Waals surface area contributed by atoms with E-state index in [1.807, 2.05) is 24.4 Å². The van der Waals surface area contributed by atoms with Crippen LogP contribution in [0.15, 0.2) is 54.7 Å². The quantitative estimate of drug-likeness (QED) is 0.776. The predicted molar refractivity (Wildman–Crippen MR) is 86.3 cm³/mol. The van der Waals surface area contributed by atoms with Gasteiger partial charge in [-0.05, 0) is 48.2 Å². The number of nitrogens with zero attached hydrogens (tertiary/aromatic N) is 1. The van der Waals surface area contributed by atoms with Crippen molar-refractivity contribution in [3.05, 3.63) is 66.1 Å². The summed E-state index contributed by atoms with van der Waals surface area (Å²) in [5.74, 6) is -0.480. The zero-order chi connectivity index (χ0) is 15.5. The second-order valence-electron chi connectivity index (χ2n) is 5.23.